The highest BCUT2D eigenvalue weighted by atomic mass is 32.1. The highest BCUT2D eigenvalue weighted by Gasteiger charge is 2.04. The second-order valence-corrected chi connectivity index (χ2v) is 5.29. The zero-order valence-corrected chi connectivity index (χ0v) is 10.4. The van der Waals surface area contributed by atoms with Crippen molar-refractivity contribution in [1.29, 1.82) is 0 Å². The molecule has 1 heterocycles. The van der Waals surface area contributed by atoms with Gasteiger partial charge in [-0.2, -0.15) is 0 Å². The number of hydrogen-bond donors (Lipinski definition) is 1. The Bertz CT molecular complexity index is 281. The molecule has 80 valence electrons. The summed E-state index contributed by atoms with van der Waals surface area (Å²) in [5, 5.41) is 4.62. The number of aryl methyl sites for hydroxylation is 2. The molecular formula is C11H20N2S. The van der Waals surface area contributed by atoms with Gasteiger partial charge < -0.3 is 5.32 Å². The molecule has 0 saturated carbocycles. The van der Waals surface area contributed by atoms with Crippen LogP contribution in [0.3, 0.4) is 0 Å². The van der Waals surface area contributed by atoms with E-state index in [0.29, 0.717) is 0 Å². The van der Waals surface area contributed by atoms with Crippen LogP contribution in [0.4, 0.5) is 0 Å². The summed E-state index contributed by atoms with van der Waals surface area (Å²) in [7, 11) is 0. The Morgan fingerprint density at radius 2 is 2.14 bits per heavy atom. The zero-order chi connectivity index (χ0) is 10.6. The van der Waals surface area contributed by atoms with Gasteiger partial charge in [0.2, 0.25) is 0 Å². The number of nitrogens with zero attached hydrogens (tertiary/aromatic N) is 1. The van der Waals surface area contributed by atoms with Gasteiger partial charge in [0.15, 0.2) is 0 Å². The van der Waals surface area contributed by atoms with E-state index in [0.717, 1.165) is 19.0 Å². The Hall–Kier alpha value is -0.410. The van der Waals surface area contributed by atoms with Crippen LogP contribution in [0.1, 0.15) is 35.8 Å². The van der Waals surface area contributed by atoms with E-state index in [1.54, 1.807) is 11.3 Å². The van der Waals surface area contributed by atoms with Crippen molar-refractivity contribution in [3.8, 4) is 0 Å². The van der Waals surface area contributed by atoms with Crippen molar-refractivity contribution in [3.63, 3.8) is 0 Å². The molecule has 3 heteroatoms. The monoisotopic (exact) mass is 212 g/mol. The molecule has 0 aliphatic heterocycles. The molecular weight excluding hydrogens is 192 g/mol. The lowest BCUT2D eigenvalue weighted by Crippen LogP contribution is -2.20. The Labute approximate surface area is 90.8 Å². The van der Waals surface area contributed by atoms with Crippen molar-refractivity contribution in [2.45, 2.75) is 40.7 Å². The molecule has 1 atom stereocenters. The normalized spacial score (nSPS) is 13.1. The topological polar surface area (TPSA) is 24.9 Å². The predicted octanol–water partition coefficient (Wildman–Crippen LogP) is 2.90. The van der Waals surface area contributed by atoms with Crippen LogP contribution in [0.15, 0.2) is 0 Å². The van der Waals surface area contributed by atoms with Crippen molar-refractivity contribution in [3.05, 3.63) is 15.6 Å². The van der Waals surface area contributed by atoms with Gasteiger partial charge in [-0.1, -0.05) is 20.3 Å². The minimum Gasteiger partial charge on any atom is -0.311 e. The van der Waals surface area contributed by atoms with Crippen LogP contribution in [0.2, 0.25) is 0 Å². The predicted molar refractivity (Wildman–Crippen MR) is 62.7 cm³/mol. The minimum atomic E-state index is 0.759. The van der Waals surface area contributed by atoms with Crippen LogP contribution in [0.25, 0.3) is 0 Å². The second kappa shape index (κ2) is 5.47. The molecule has 0 amide bonds. The molecule has 0 saturated heterocycles. The van der Waals surface area contributed by atoms with Crippen LogP contribution in [0.5, 0.6) is 0 Å². The van der Waals surface area contributed by atoms with Gasteiger partial charge in [-0.25, -0.2) is 4.98 Å². The summed E-state index contributed by atoms with van der Waals surface area (Å²) in [4.78, 5) is 5.84. The van der Waals surface area contributed by atoms with Crippen LogP contribution < -0.4 is 5.32 Å². The van der Waals surface area contributed by atoms with Gasteiger partial charge in [0, 0.05) is 11.4 Å². The highest BCUT2D eigenvalue weighted by molar-refractivity contribution is 7.11. The molecule has 0 radical (unpaired) electrons. The third-order valence-electron chi connectivity index (χ3n) is 2.48. The number of aromatic nitrogens is 1. The van der Waals surface area contributed by atoms with Crippen molar-refractivity contribution in [1.82, 2.24) is 10.3 Å². The highest BCUT2D eigenvalue weighted by Crippen LogP contribution is 2.15. The van der Waals surface area contributed by atoms with Gasteiger partial charge in [-0.05, 0) is 26.3 Å². The molecule has 0 spiro atoms. The Morgan fingerprint density at radius 1 is 1.43 bits per heavy atom. The SMILES string of the molecule is CCC(C)CNCc1nc(C)sc1C. The Kier molecular flexibility index (Phi) is 4.55. The quantitative estimate of drug-likeness (QED) is 0.812. The Balaban J connectivity index is 2.34. The standard InChI is InChI=1S/C11H20N2S/c1-5-8(2)6-12-7-11-9(3)14-10(4)13-11/h8,12H,5-7H2,1-4H3. The lowest BCUT2D eigenvalue weighted by molar-refractivity contribution is 0.497. The molecule has 0 fully saturated rings. The van der Waals surface area contributed by atoms with Gasteiger partial charge in [-0.15, -0.1) is 11.3 Å². The van der Waals surface area contributed by atoms with Crippen LogP contribution >= 0.6 is 11.3 Å². The van der Waals surface area contributed by atoms with Gasteiger partial charge in [0.1, 0.15) is 0 Å². The summed E-state index contributed by atoms with van der Waals surface area (Å²) in [5.41, 5.74) is 1.22. The first-order valence-electron chi connectivity index (χ1n) is 5.27. The lowest BCUT2D eigenvalue weighted by atomic mass is 10.1. The molecule has 1 aromatic heterocycles. The molecule has 0 aromatic carbocycles. The van der Waals surface area contributed by atoms with E-state index < -0.39 is 0 Å². The van der Waals surface area contributed by atoms with Crippen molar-refractivity contribution < 1.29 is 0 Å². The van der Waals surface area contributed by atoms with Gasteiger partial charge in [0.25, 0.3) is 0 Å². The van der Waals surface area contributed by atoms with E-state index in [2.05, 4.69) is 38.0 Å². The average molecular weight is 212 g/mol. The van der Waals surface area contributed by atoms with Gasteiger partial charge >= 0.3 is 0 Å². The third-order valence-corrected chi connectivity index (χ3v) is 3.41. The van der Waals surface area contributed by atoms with Crippen LogP contribution in [-0.4, -0.2) is 11.5 Å². The molecule has 1 unspecified atom stereocenters. The molecule has 0 aliphatic rings. The lowest BCUT2D eigenvalue weighted by Gasteiger charge is -2.08. The first kappa shape index (κ1) is 11.7. The zero-order valence-electron chi connectivity index (χ0n) is 9.55. The summed E-state index contributed by atoms with van der Waals surface area (Å²) in [5.74, 6) is 0.759. The number of thiazole rings is 1. The molecule has 0 bridgehead atoms. The largest absolute Gasteiger partial charge is 0.311 e. The Morgan fingerprint density at radius 3 is 2.64 bits per heavy atom. The molecule has 14 heavy (non-hydrogen) atoms. The van der Waals surface area contributed by atoms with E-state index in [9.17, 15) is 0 Å². The first-order valence-corrected chi connectivity index (χ1v) is 6.08. The van der Waals surface area contributed by atoms with E-state index in [-0.39, 0.29) is 0 Å². The number of rotatable bonds is 5. The second-order valence-electron chi connectivity index (χ2n) is 3.88. The molecule has 1 N–H and O–H groups in total. The fourth-order valence-electron chi connectivity index (χ4n) is 1.32. The third kappa shape index (κ3) is 3.39. The fourth-order valence-corrected chi connectivity index (χ4v) is 2.15. The number of hydrogen-bond acceptors (Lipinski definition) is 3. The maximum atomic E-state index is 4.49. The van der Waals surface area contributed by atoms with Crippen molar-refractivity contribution in [2.24, 2.45) is 5.92 Å². The van der Waals surface area contributed by atoms with Gasteiger partial charge in [-0.3, -0.25) is 0 Å². The van der Waals surface area contributed by atoms with E-state index >= 15 is 0 Å². The fraction of sp³-hybridized carbons (Fsp3) is 0.727. The van der Waals surface area contributed by atoms with Gasteiger partial charge in [0.05, 0.1) is 10.7 Å². The van der Waals surface area contributed by atoms with Crippen molar-refractivity contribution >= 4 is 11.3 Å². The molecule has 1 aromatic rings. The molecule has 0 aliphatic carbocycles. The summed E-state index contributed by atoms with van der Waals surface area (Å²) < 4.78 is 0. The minimum absolute atomic E-state index is 0.759. The maximum absolute atomic E-state index is 4.49. The maximum Gasteiger partial charge on any atom is 0.0900 e. The van der Waals surface area contributed by atoms with Crippen molar-refractivity contribution in [2.75, 3.05) is 6.54 Å². The summed E-state index contributed by atoms with van der Waals surface area (Å²) in [6.45, 7) is 10.7. The van der Waals surface area contributed by atoms with E-state index in [4.69, 9.17) is 0 Å². The van der Waals surface area contributed by atoms with Crippen LogP contribution in [0, 0.1) is 19.8 Å². The van der Waals surface area contributed by atoms with Crippen LogP contribution in [-0.2, 0) is 6.54 Å². The summed E-state index contributed by atoms with van der Waals surface area (Å²) >= 11 is 1.78. The number of nitrogens with one attached hydrogen (secondary N) is 1. The smallest absolute Gasteiger partial charge is 0.0900 e. The van der Waals surface area contributed by atoms with E-state index in [1.807, 2.05) is 0 Å². The summed E-state index contributed by atoms with van der Waals surface area (Å²) in [6, 6.07) is 0. The summed E-state index contributed by atoms with van der Waals surface area (Å²) in [6.07, 6.45) is 1.24. The van der Waals surface area contributed by atoms with E-state index in [1.165, 1.54) is 22.0 Å². The average Bonchev–Trinajstić information content (AvgIpc) is 2.45. The molecule has 1 rings (SSSR count). The molecule has 2 nitrogen and oxygen atoms in total. The first-order chi connectivity index (χ1) is 6.63.